The van der Waals surface area contributed by atoms with Crippen LogP contribution in [-0.2, 0) is 42.8 Å². The van der Waals surface area contributed by atoms with Crippen LogP contribution >= 0.6 is 0 Å². The molecule has 36 nitrogen and oxygen atoms in total. The molecule has 16 aromatic rings. The molecule has 0 saturated heterocycles. The van der Waals surface area contributed by atoms with Crippen LogP contribution in [0.5, 0.6) is 0 Å². The normalized spacial score (nSPS) is 11.8. The lowest BCUT2D eigenvalue weighted by molar-refractivity contribution is 0.599. The molecule has 0 unspecified atom stereocenters. The summed E-state index contributed by atoms with van der Waals surface area (Å²) in [5.41, 5.74) is 32.5. The first-order chi connectivity index (χ1) is 61.2. The van der Waals surface area contributed by atoms with Gasteiger partial charge in [0.25, 0.3) is 0 Å². The number of benzene rings is 8. The van der Waals surface area contributed by atoms with Crippen LogP contribution in [0.15, 0.2) is 205 Å². The number of para-hydroxylation sites is 4. The summed E-state index contributed by atoms with van der Waals surface area (Å²) in [6, 6.07) is 51.8. The van der Waals surface area contributed by atoms with Crippen molar-refractivity contribution in [3.05, 3.63) is 275 Å². The van der Waals surface area contributed by atoms with Crippen molar-refractivity contribution in [1.29, 1.82) is 21.0 Å². The van der Waals surface area contributed by atoms with Gasteiger partial charge in [0.05, 0.1) is 101 Å². The van der Waals surface area contributed by atoms with Gasteiger partial charge in [-0.05, 0) is 138 Å². The van der Waals surface area contributed by atoms with E-state index in [1.807, 2.05) is 110 Å². The Morgan fingerprint density at radius 1 is 0.344 bits per heavy atom. The number of fused-ring (bicyclic) bond motifs is 4. The molecule has 44 heteroatoms. The summed E-state index contributed by atoms with van der Waals surface area (Å²) in [6.45, 7) is 11.3. The first-order valence-electron chi connectivity index (χ1n) is 37.6. The Morgan fingerprint density at radius 2 is 0.555 bits per heavy atom. The van der Waals surface area contributed by atoms with Gasteiger partial charge in [-0.1, -0.05) is 60.7 Å². The Balaban J connectivity index is 0.000000162. The van der Waals surface area contributed by atoms with Crippen LogP contribution in [0.25, 0.3) is 66.9 Å². The number of hydrogen-bond donors (Lipinski definition) is 8. The zero-order valence-corrected chi connectivity index (χ0v) is 71.7. The fourth-order valence-corrected chi connectivity index (χ4v) is 15.3. The van der Waals surface area contributed by atoms with Gasteiger partial charge in [0.2, 0.25) is 0 Å². The molecule has 0 aliphatic carbocycles. The first-order valence-corrected chi connectivity index (χ1v) is 42.7. The van der Waals surface area contributed by atoms with E-state index in [9.17, 15) is 55.4 Å². The van der Waals surface area contributed by atoms with Crippen molar-refractivity contribution >= 4 is 133 Å². The van der Waals surface area contributed by atoms with E-state index in [4.69, 9.17) is 49.7 Å². The molecule has 0 radical (unpaired) electrons. The van der Waals surface area contributed by atoms with Gasteiger partial charge in [-0.2, -0.15) is 37.9 Å². The van der Waals surface area contributed by atoms with Gasteiger partial charge >= 0.3 is 23.1 Å². The first kappa shape index (κ1) is 92.3. The number of nitrogens with two attached hydrogens (primary N) is 4. The van der Waals surface area contributed by atoms with E-state index in [2.05, 4.69) is 71.1 Å². The molecule has 16 rings (SSSR count). The van der Waals surface area contributed by atoms with Gasteiger partial charge in [0.15, 0.2) is 19.7 Å². The SMILES string of the molecule is C[C@@H](Nc1ncnc(N)c1C#N)c1nc2ccc(F)cc2n1-c1ccccc1S(C)(=O)=O.C[C@H](Nc1ncnc(N)c1C#N)c1nc2ccc(F)cc2n1-c1ccccc1S(C)(=O)=O.Cc1ccccc1-n1c([C@@H](C)Nc2ncnc(N)c2C#N)nc2ccc(F)cc21.Cc1ccccc1-n1c([C@H](C)Nc2ncnc(N)c2C#N)nc2ccc(F)cc21.O=S=O.O=S=O. The predicted octanol–water partition coefficient (Wildman–Crippen LogP) is 12.4. The molecule has 128 heavy (non-hydrogen) atoms. The summed E-state index contributed by atoms with van der Waals surface area (Å²) < 4.78 is 146. The highest BCUT2D eigenvalue weighted by atomic mass is 32.2. The number of halogens is 4. The van der Waals surface area contributed by atoms with Gasteiger partial charge in [-0.25, -0.2) is 94.2 Å². The second-order valence-electron chi connectivity index (χ2n) is 27.8. The van der Waals surface area contributed by atoms with Crippen LogP contribution in [0.3, 0.4) is 0 Å². The largest absolute Gasteiger partial charge is 0.382 e. The Kier molecular flexibility index (Phi) is 29.0. The Labute approximate surface area is 733 Å². The highest BCUT2D eigenvalue weighted by molar-refractivity contribution is 7.91. The lowest BCUT2D eigenvalue weighted by Crippen LogP contribution is -2.16. The number of sulfone groups is 2. The number of anilines is 8. The van der Waals surface area contributed by atoms with Gasteiger partial charge in [0.1, 0.15) is 165 Å². The number of hydrogen-bond acceptors (Lipinski definition) is 32. The maximum absolute atomic E-state index is 14.1. The van der Waals surface area contributed by atoms with E-state index < -0.39 is 66.5 Å². The number of imidazole rings is 4. The predicted molar refractivity (Wildman–Crippen MR) is 470 cm³/mol. The van der Waals surface area contributed by atoms with Crippen LogP contribution in [0.4, 0.5) is 64.1 Å². The molecule has 0 aliphatic heterocycles. The number of nitrogens with one attached hydrogen (secondary N) is 4. The maximum atomic E-state index is 14.1. The number of nitriles is 4. The summed E-state index contributed by atoms with van der Waals surface area (Å²) in [5.74, 6) is 1.74. The van der Waals surface area contributed by atoms with Crippen molar-refractivity contribution in [2.45, 2.75) is 75.5 Å². The number of nitrogen functional groups attached to an aromatic ring is 4. The van der Waals surface area contributed by atoms with Gasteiger partial charge < -0.3 is 44.2 Å². The zero-order chi connectivity index (χ0) is 92.6. The van der Waals surface area contributed by atoms with Gasteiger partial charge in [0, 0.05) is 36.8 Å². The second kappa shape index (κ2) is 40.3. The summed E-state index contributed by atoms with van der Waals surface area (Å²) in [4.78, 5) is 50.6. The fourth-order valence-electron chi connectivity index (χ4n) is 13.5. The molecule has 0 spiro atoms. The monoisotopic (exact) mass is 1800 g/mol. The van der Waals surface area contributed by atoms with E-state index in [0.29, 0.717) is 90.4 Å². The van der Waals surface area contributed by atoms with E-state index in [0.717, 1.165) is 35.0 Å². The highest BCUT2D eigenvalue weighted by Gasteiger charge is 2.29. The second-order valence-corrected chi connectivity index (χ2v) is 32.0. The van der Waals surface area contributed by atoms with Crippen LogP contribution < -0.4 is 44.2 Å². The van der Waals surface area contributed by atoms with Crippen LogP contribution in [0.2, 0.25) is 0 Å². The highest BCUT2D eigenvalue weighted by Crippen LogP contribution is 2.37. The minimum absolute atomic E-state index is 0.0233. The third kappa shape index (κ3) is 20.4. The van der Waals surface area contributed by atoms with Crippen molar-refractivity contribution in [2.75, 3.05) is 56.7 Å². The van der Waals surface area contributed by atoms with Crippen molar-refractivity contribution in [3.63, 3.8) is 0 Å². The molecule has 8 aromatic carbocycles. The summed E-state index contributed by atoms with van der Waals surface area (Å²) in [7, 11) is -7.20. The lowest BCUT2D eigenvalue weighted by Gasteiger charge is -2.19. The zero-order valence-electron chi connectivity index (χ0n) is 68.4. The lowest BCUT2D eigenvalue weighted by atomic mass is 10.2. The molecule has 8 heterocycles. The molecule has 0 fully saturated rings. The number of rotatable bonds is 18. The molecule has 0 saturated carbocycles. The summed E-state index contributed by atoms with van der Waals surface area (Å²) in [5, 5.41) is 50.1. The quantitative estimate of drug-likeness (QED) is 0.0370. The third-order valence-electron chi connectivity index (χ3n) is 19.2. The molecular weight excluding hydrogens is 1730 g/mol. The average Bonchev–Trinajstić information content (AvgIpc) is 1.63. The van der Waals surface area contributed by atoms with E-state index in [1.165, 1.54) is 98.1 Å². The molecule has 0 bridgehead atoms. The smallest absolute Gasteiger partial charge is 0.335 e. The average molecular weight is 1810 g/mol. The maximum Gasteiger partial charge on any atom is 0.335 e. The van der Waals surface area contributed by atoms with E-state index >= 15 is 0 Å². The minimum atomic E-state index is -3.60. The summed E-state index contributed by atoms with van der Waals surface area (Å²) in [6.07, 6.45) is 7.26. The standard InChI is InChI=1S/2C21H18FN7O2S.2C21H18FN7.2O2S/c2*1-12(27-20-14(10-23)19(24)25-11-26-20)21-28-15-8-7-13(22)9-17(15)29(21)16-5-3-4-6-18(16)32(2,30)31;2*1-12-5-3-4-6-17(12)29-18-9-14(22)7-8-16(18)28-21(29)13(2)27-20-15(10-23)19(24)25-11-26-20;2*1-3-2/h2*3-9,11-12H,1-2H3,(H3,24,25,26,27);2*3-9,11,13H,1-2H3,(H3,24,25,26,27);;/t2*12-;2*13-;;/m1010../s1. The van der Waals surface area contributed by atoms with E-state index in [1.54, 1.807) is 71.5 Å². The van der Waals surface area contributed by atoms with Crippen molar-refractivity contribution in [3.8, 4) is 47.0 Å². The fraction of sp³-hybridized carbons (Fsp3) is 0.143. The molecular formula is C84H72F4N28O8S4. The molecule has 0 amide bonds. The topological polar surface area (TPSA) is 558 Å². The Hall–Kier alpha value is -16.4. The number of aryl methyl sites for hydroxylation is 2. The number of nitrogens with zero attached hydrogens (tertiary/aromatic N) is 20. The van der Waals surface area contributed by atoms with E-state index in [-0.39, 0.29) is 90.7 Å². The van der Waals surface area contributed by atoms with Gasteiger partial charge in [-0.3, -0.25) is 18.3 Å². The van der Waals surface area contributed by atoms with Gasteiger partial charge in [-0.15, -0.1) is 0 Å². The van der Waals surface area contributed by atoms with Crippen LogP contribution in [0.1, 0.15) is 109 Å². The van der Waals surface area contributed by atoms with Crippen molar-refractivity contribution < 1.29 is 51.2 Å². The Morgan fingerprint density at radius 3 is 0.773 bits per heavy atom. The number of aromatic nitrogens is 16. The molecule has 0 aliphatic rings. The minimum Gasteiger partial charge on any atom is -0.382 e. The van der Waals surface area contributed by atoms with Crippen LogP contribution in [-0.4, -0.2) is 124 Å². The molecule has 648 valence electrons. The third-order valence-corrected chi connectivity index (χ3v) is 21.5. The molecule has 12 N–H and O–H groups in total. The Bertz CT molecular complexity index is 7010. The van der Waals surface area contributed by atoms with Crippen molar-refractivity contribution in [2.24, 2.45) is 0 Å². The van der Waals surface area contributed by atoms with Crippen LogP contribution in [0, 0.1) is 82.4 Å². The molecule has 4 atom stereocenters. The summed E-state index contributed by atoms with van der Waals surface area (Å²) >= 11 is -1.50. The van der Waals surface area contributed by atoms with Crippen molar-refractivity contribution in [1.82, 2.24) is 78.1 Å². The molecule has 8 aromatic heterocycles.